The van der Waals surface area contributed by atoms with E-state index in [-0.39, 0.29) is 5.91 Å². The molecule has 0 unspecified atom stereocenters. The lowest BCUT2D eigenvalue weighted by Gasteiger charge is -2.12. The zero-order chi connectivity index (χ0) is 11.3. The van der Waals surface area contributed by atoms with Crippen molar-refractivity contribution in [2.75, 3.05) is 7.05 Å². The first-order chi connectivity index (χ1) is 7.08. The highest BCUT2D eigenvalue weighted by molar-refractivity contribution is 9.10. The van der Waals surface area contributed by atoms with Gasteiger partial charge in [-0.1, -0.05) is 28.1 Å². The van der Waals surface area contributed by atoms with E-state index in [0.717, 1.165) is 11.0 Å². The summed E-state index contributed by atoms with van der Waals surface area (Å²) in [6.07, 6.45) is 1.54. The molecule has 0 N–H and O–H groups in total. The zero-order valence-corrected chi connectivity index (χ0v) is 10.4. The van der Waals surface area contributed by atoms with E-state index < -0.39 is 0 Å². The largest absolute Gasteiger partial charge is 0.361 e. The van der Waals surface area contributed by atoms with Crippen molar-refractivity contribution >= 4 is 28.2 Å². The van der Waals surface area contributed by atoms with Gasteiger partial charge in [-0.2, -0.15) is 0 Å². The highest BCUT2D eigenvalue weighted by Crippen LogP contribution is 2.12. The van der Waals surface area contributed by atoms with Crippen LogP contribution < -0.4 is 0 Å². The molecule has 1 rings (SSSR count). The Balaban J connectivity index is 2.58. The lowest BCUT2D eigenvalue weighted by molar-refractivity contribution is -0.115. The van der Waals surface area contributed by atoms with Crippen LogP contribution in [0.4, 0.5) is 0 Å². The van der Waals surface area contributed by atoms with E-state index in [4.69, 9.17) is 0 Å². The van der Waals surface area contributed by atoms with Crippen LogP contribution in [0.5, 0.6) is 0 Å². The predicted octanol–water partition coefficient (Wildman–Crippen LogP) is 2.46. The van der Waals surface area contributed by atoms with Crippen molar-refractivity contribution in [3.05, 3.63) is 34.3 Å². The summed E-state index contributed by atoms with van der Waals surface area (Å²) in [5, 5.41) is 0. The summed E-state index contributed by atoms with van der Waals surface area (Å²) in [6, 6.07) is 8.03. The summed E-state index contributed by atoms with van der Waals surface area (Å²) in [4.78, 5) is 16.2. The lowest BCUT2D eigenvalue weighted by Crippen LogP contribution is -2.16. The molecule has 0 aliphatic heterocycles. The van der Waals surface area contributed by atoms with Crippen LogP contribution in [0.25, 0.3) is 0 Å². The fourth-order valence-electron chi connectivity index (χ4n) is 1.14. The Kier molecular flexibility index (Phi) is 4.49. The van der Waals surface area contributed by atoms with Crippen molar-refractivity contribution in [1.29, 1.82) is 0 Å². The van der Waals surface area contributed by atoms with Gasteiger partial charge >= 0.3 is 0 Å². The molecule has 0 spiro atoms. The lowest BCUT2D eigenvalue weighted by atomic mass is 10.2. The van der Waals surface area contributed by atoms with Gasteiger partial charge in [0.2, 0.25) is 5.91 Å². The topological polar surface area (TPSA) is 32.7 Å². The van der Waals surface area contributed by atoms with Crippen LogP contribution in [0, 0.1) is 0 Å². The van der Waals surface area contributed by atoms with Gasteiger partial charge in [0.1, 0.15) is 0 Å². The second-order valence-electron chi connectivity index (χ2n) is 3.31. The van der Waals surface area contributed by atoms with E-state index in [0.29, 0.717) is 0 Å². The van der Waals surface area contributed by atoms with Crippen LogP contribution in [0.2, 0.25) is 0 Å². The first-order valence-electron chi connectivity index (χ1n) is 4.57. The predicted molar refractivity (Wildman–Crippen MR) is 64.8 cm³/mol. The maximum absolute atomic E-state index is 10.6. The molecule has 0 aliphatic carbocycles. The van der Waals surface area contributed by atoms with Crippen molar-refractivity contribution in [2.24, 2.45) is 4.99 Å². The molecule has 0 heterocycles. The fourth-order valence-corrected chi connectivity index (χ4v) is 1.59. The average molecular weight is 269 g/mol. The number of hydrogen-bond donors (Lipinski definition) is 0. The van der Waals surface area contributed by atoms with Crippen molar-refractivity contribution in [3.63, 3.8) is 0 Å². The van der Waals surface area contributed by atoms with Gasteiger partial charge in [-0.3, -0.25) is 4.79 Å². The second kappa shape index (κ2) is 5.66. The molecule has 0 aromatic heterocycles. The van der Waals surface area contributed by atoms with E-state index in [1.54, 1.807) is 6.34 Å². The molecule has 1 aromatic carbocycles. The third kappa shape index (κ3) is 4.74. The monoisotopic (exact) mass is 268 g/mol. The fraction of sp³-hybridized carbons (Fsp3) is 0.273. The van der Waals surface area contributed by atoms with Crippen LogP contribution >= 0.6 is 15.9 Å². The maximum Gasteiger partial charge on any atom is 0.243 e. The highest BCUT2D eigenvalue weighted by atomic mass is 79.9. The molecule has 15 heavy (non-hydrogen) atoms. The molecular formula is C11H13BrN2O. The van der Waals surface area contributed by atoms with E-state index in [2.05, 4.69) is 20.9 Å². The second-order valence-corrected chi connectivity index (χ2v) is 4.22. The minimum Gasteiger partial charge on any atom is -0.361 e. The van der Waals surface area contributed by atoms with Crippen molar-refractivity contribution in [3.8, 4) is 0 Å². The van der Waals surface area contributed by atoms with Crippen molar-refractivity contribution in [1.82, 2.24) is 4.90 Å². The number of amides is 1. The average Bonchev–Trinajstić information content (AvgIpc) is 2.15. The Bertz CT molecular complexity index is 377. The summed E-state index contributed by atoms with van der Waals surface area (Å²) < 4.78 is 1.05. The van der Waals surface area contributed by atoms with Gasteiger partial charge < -0.3 is 4.90 Å². The molecule has 0 saturated carbocycles. The minimum absolute atomic E-state index is 0.184. The minimum atomic E-state index is -0.184. The van der Waals surface area contributed by atoms with E-state index in [1.165, 1.54) is 12.5 Å². The summed E-state index contributed by atoms with van der Waals surface area (Å²) in [5.74, 6) is -0.184. The summed E-state index contributed by atoms with van der Waals surface area (Å²) >= 11 is 3.41. The van der Waals surface area contributed by atoms with Crippen LogP contribution in [-0.4, -0.2) is 24.2 Å². The van der Waals surface area contributed by atoms with Gasteiger partial charge in [0.15, 0.2) is 0 Å². The van der Waals surface area contributed by atoms with E-state index in [1.807, 2.05) is 36.2 Å². The highest BCUT2D eigenvalue weighted by Gasteiger charge is 1.97. The third-order valence-corrected chi connectivity index (χ3v) is 2.25. The number of carbonyl (C=O) groups excluding carboxylic acids is 1. The Labute approximate surface area is 97.9 Å². The Hall–Kier alpha value is -1.16. The molecule has 1 aromatic rings. The smallest absolute Gasteiger partial charge is 0.243 e. The summed E-state index contributed by atoms with van der Waals surface area (Å²) in [7, 11) is 1.88. The molecular weight excluding hydrogens is 256 g/mol. The Morgan fingerprint density at radius 1 is 1.60 bits per heavy atom. The molecule has 0 atom stereocenters. The van der Waals surface area contributed by atoms with Crippen LogP contribution in [0.3, 0.4) is 0 Å². The van der Waals surface area contributed by atoms with Gasteiger partial charge in [0.05, 0.1) is 6.34 Å². The quantitative estimate of drug-likeness (QED) is 0.623. The number of hydrogen-bond acceptors (Lipinski definition) is 1. The van der Waals surface area contributed by atoms with E-state index >= 15 is 0 Å². The zero-order valence-electron chi connectivity index (χ0n) is 8.77. The van der Waals surface area contributed by atoms with Gasteiger partial charge in [0, 0.05) is 25.0 Å². The number of rotatable bonds is 3. The van der Waals surface area contributed by atoms with Gasteiger partial charge in [0.25, 0.3) is 0 Å². The molecule has 0 saturated heterocycles. The third-order valence-electron chi connectivity index (χ3n) is 1.76. The standard InChI is InChI=1S/C11H13BrN2O/c1-9(15)13-8-14(2)7-10-4-3-5-11(12)6-10/h3-6,8H,7H2,1-2H3. The first kappa shape index (κ1) is 11.9. The van der Waals surface area contributed by atoms with Gasteiger partial charge in [-0.15, -0.1) is 0 Å². The molecule has 4 heteroatoms. The van der Waals surface area contributed by atoms with Gasteiger partial charge in [-0.05, 0) is 17.7 Å². The normalized spacial score (nSPS) is 10.6. The summed E-state index contributed by atoms with van der Waals surface area (Å²) in [6.45, 7) is 2.17. The maximum atomic E-state index is 10.6. The van der Waals surface area contributed by atoms with Crippen LogP contribution in [0.1, 0.15) is 12.5 Å². The number of aliphatic imine (C=N–C) groups is 1. The molecule has 0 aliphatic rings. The van der Waals surface area contributed by atoms with Gasteiger partial charge in [-0.25, -0.2) is 4.99 Å². The van der Waals surface area contributed by atoms with Crippen LogP contribution in [0.15, 0.2) is 33.7 Å². The van der Waals surface area contributed by atoms with Crippen LogP contribution in [-0.2, 0) is 11.3 Å². The number of halogens is 1. The number of benzene rings is 1. The number of carbonyl (C=O) groups is 1. The Morgan fingerprint density at radius 3 is 2.93 bits per heavy atom. The molecule has 0 radical (unpaired) electrons. The SMILES string of the molecule is CC(=O)N=CN(C)Cc1cccc(Br)c1. The molecule has 3 nitrogen and oxygen atoms in total. The Morgan fingerprint density at radius 2 is 2.33 bits per heavy atom. The molecule has 80 valence electrons. The molecule has 0 fully saturated rings. The first-order valence-corrected chi connectivity index (χ1v) is 5.36. The van der Waals surface area contributed by atoms with Crippen molar-refractivity contribution in [2.45, 2.75) is 13.5 Å². The molecule has 1 amide bonds. The van der Waals surface area contributed by atoms with E-state index in [9.17, 15) is 4.79 Å². The van der Waals surface area contributed by atoms with Crippen molar-refractivity contribution < 1.29 is 4.79 Å². The summed E-state index contributed by atoms with van der Waals surface area (Å²) in [5.41, 5.74) is 1.17. The number of nitrogens with zero attached hydrogens (tertiary/aromatic N) is 2. The molecule has 0 bridgehead atoms.